The van der Waals surface area contributed by atoms with Crippen LogP contribution in [0.1, 0.15) is 47.0 Å². The normalized spacial score (nSPS) is 33.4. The zero-order valence-corrected chi connectivity index (χ0v) is 16.7. The van der Waals surface area contributed by atoms with E-state index >= 15 is 0 Å². The molecule has 0 aromatic heterocycles. The lowest BCUT2D eigenvalue weighted by Gasteiger charge is -2.25. The summed E-state index contributed by atoms with van der Waals surface area (Å²) in [4.78, 5) is 12.5. The van der Waals surface area contributed by atoms with Crippen molar-refractivity contribution in [2.45, 2.75) is 53.1 Å². The Kier molecular flexibility index (Phi) is 8.79. The van der Waals surface area contributed by atoms with Gasteiger partial charge in [-0.1, -0.05) is 32.1 Å². The van der Waals surface area contributed by atoms with E-state index in [1.54, 1.807) is 14.0 Å². The minimum Gasteiger partial charge on any atom is -0.501 e. The number of esters is 1. The van der Waals surface area contributed by atoms with Gasteiger partial charge in [0.15, 0.2) is 0 Å². The molecule has 2 N–H and O–H groups in total. The third kappa shape index (κ3) is 6.13. The molecular formula is C21H33NO4. The van der Waals surface area contributed by atoms with Crippen LogP contribution in [0.2, 0.25) is 0 Å². The largest absolute Gasteiger partial charge is 0.501 e. The lowest BCUT2D eigenvalue weighted by atomic mass is 9.89. The summed E-state index contributed by atoms with van der Waals surface area (Å²) < 4.78 is 11.1. The summed E-state index contributed by atoms with van der Waals surface area (Å²) in [7, 11) is 1.59. The van der Waals surface area contributed by atoms with Gasteiger partial charge in [-0.15, -0.1) is 0 Å². The minimum atomic E-state index is -0.712. The SMILES string of the molecule is C=C1/C=C(\C)C(CC)OC(=O)C(C)C(=N)C(CO)C/C(OC)=C/C(C)C1. The van der Waals surface area contributed by atoms with Crippen molar-refractivity contribution in [1.29, 1.82) is 5.41 Å². The Balaban J connectivity index is 3.26. The van der Waals surface area contributed by atoms with Crippen LogP contribution in [0, 0.1) is 23.2 Å². The third-order valence-electron chi connectivity index (χ3n) is 4.81. The number of aliphatic hydroxyl groups is 1. The predicted octanol–water partition coefficient (Wildman–Crippen LogP) is 4.04. The Hall–Kier alpha value is -1.88. The maximum absolute atomic E-state index is 12.5. The molecule has 5 nitrogen and oxygen atoms in total. The summed E-state index contributed by atoms with van der Waals surface area (Å²) in [6.45, 7) is 11.5. The zero-order chi connectivity index (χ0) is 19.9. The molecule has 146 valence electrons. The van der Waals surface area contributed by atoms with Crippen LogP contribution in [0.4, 0.5) is 0 Å². The number of aliphatic hydroxyl groups excluding tert-OH is 1. The molecule has 0 aromatic carbocycles. The molecule has 0 saturated heterocycles. The van der Waals surface area contributed by atoms with E-state index in [9.17, 15) is 9.90 Å². The second-order valence-corrected chi connectivity index (χ2v) is 7.16. The number of rotatable bonds is 3. The average molecular weight is 363 g/mol. The van der Waals surface area contributed by atoms with Gasteiger partial charge in [-0.05, 0) is 44.3 Å². The summed E-state index contributed by atoms with van der Waals surface area (Å²) in [5.74, 6) is -0.710. The summed E-state index contributed by atoms with van der Waals surface area (Å²) in [5, 5.41) is 18.1. The predicted molar refractivity (Wildman–Crippen MR) is 104 cm³/mol. The number of ether oxygens (including phenoxy) is 2. The number of hydrogen-bond acceptors (Lipinski definition) is 5. The van der Waals surface area contributed by atoms with Gasteiger partial charge in [0.2, 0.25) is 0 Å². The van der Waals surface area contributed by atoms with Crippen LogP contribution < -0.4 is 0 Å². The van der Waals surface area contributed by atoms with Gasteiger partial charge in [0.25, 0.3) is 0 Å². The summed E-state index contributed by atoms with van der Waals surface area (Å²) in [6.07, 6.45) is 5.46. The number of carbonyl (C=O) groups excluding carboxylic acids is 1. The van der Waals surface area contributed by atoms with E-state index in [2.05, 4.69) is 13.5 Å². The highest BCUT2D eigenvalue weighted by atomic mass is 16.5. The molecule has 0 radical (unpaired) electrons. The molecule has 0 amide bonds. The Morgan fingerprint density at radius 3 is 2.58 bits per heavy atom. The Morgan fingerprint density at radius 1 is 1.38 bits per heavy atom. The maximum atomic E-state index is 12.5. The lowest BCUT2D eigenvalue weighted by Crippen LogP contribution is -2.33. The van der Waals surface area contributed by atoms with Crippen molar-refractivity contribution in [2.24, 2.45) is 17.8 Å². The van der Waals surface area contributed by atoms with Crippen molar-refractivity contribution >= 4 is 11.7 Å². The Labute approximate surface area is 157 Å². The molecule has 0 spiro atoms. The van der Waals surface area contributed by atoms with Crippen molar-refractivity contribution < 1.29 is 19.4 Å². The molecule has 26 heavy (non-hydrogen) atoms. The summed E-state index contributed by atoms with van der Waals surface area (Å²) >= 11 is 0. The average Bonchev–Trinajstić information content (AvgIpc) is 2.60. The first-order valence-electron chi connectivity index (χ1n) is 9.23. The summed E-state index contributed by atoms with van der Waals surface area (Å²) in [5.41, 5.74) is 2.09. The lowest BCUT2D eigenvalue weighted by molar-refractivity contribution is -0.149. The van der Waals surface area contributed by atoms with Gasteiger partial charge >= 0.3 is 5.97 Å². The van der Waals surface area contributed by atoms with E-state index in [4.69, 9.17) is 14.9 Å². The van der Waals surface area contributed by atoms with Crippen LogP contribution in [0.5, 0.6) is 0 Å². The van der Waals surface area contributed by atoms with Crippen molar-refractivity contribution in [3.63, 3.8) is 0 Å². The molecule has 0 saturated carbocycles. The second-order valence-electron chi connectivity index (χ2n) is 7.16. The van der Waals surface area contributed by atoms with E-state index in [1.165, 1.54) is 0 Å². The van der Waals surface area contributed by atoms with Crippen molar-refractivity contribution in [2.75, 3.05) is 13.7 Å². The molecule has 0 aliphatic carbocycles. The highest BCUT2D eigenvalue weighted by Gasteiger charge is 2.29. The van der Waals surface area contributed by atoms with E-state index < -0.39 is 17.8 Å². The number of hydrogen-bond donors (Lipinski definition) is 2. The van der Waals surface area contributed by atoms with Gasteiger partial charge in [0.1, 0.15) is 6.10 Å². The van der Waals surface area contributed by atoms with Gasteiger partial charge in [-0.2, -0.15) is 0 Å². The smallest absolute Gasteiger partial charge is 0.314 e. The van der Waals surface area contributed by atoms with Gasteiger partial charge in [-0.3, -0.25) is 4.79 Å². The summed E-state index contributed by atoms with van der Waals surface area (Å²) in [6, 6.07) is 0. The van der Waals surface area contributed by atoms with Crippen molar-refractivity contribution in [3.8, 4) is 0 Å². The maximum Gasteiger partial charge on any atom is 0.314 e. The molecule has 0 aromatic rings. The highest BCUT2D eigenvalue weighted by molar-refractivity contribution is 6.01. The Bertz CT molecular complexity index is 591. The first kappa shape index (κ1) is 22.2. The third-order valence-corrected chi connectivity index (χ3v) is 4.81. The van der Waals surface area contributed by atoms with E-state index in [0.717, 1.165) is 17.6 Å². The van der Waals surface area contributed by atoms with E-state index in [0.29, 0.717) is 18.6 Å². The molecule has 1 rings (SSSR count). The highest BCUT2D eigenvalue weighted by Crippen LogP contribution is 2.25. The van der Waals surface area contributed by atoms with Crippen LogP contribution in [-0.2, 0) is 14.3 Å². The second kappa shape index (κ2) is 10.3. The molecule has 4 atom stereocenters. The number of nitrogens with one attached hydrogen (secondary N) is 1. The van der Waals surface area contributed by atoms with Gasteiger partial charge in [0.05, 0.1) is 25.4 Å². The van der Waals surface area contributed by atoms with Crippen molar-refractivity contribution in [1.82, 2.24) is 0 Å². The fourth-order valence-electron chi connectivity index (χ4n) is 3.22. The van der Waals surface area contributed by atoms with Crippen LogP contribution in [-0.4, -0.2) is 36.6 Å². The number of carbonyl (C=O) groups is 1. The fraction of sp³-hybridized carbons (Fsp3) is 0.619. The van der Waals surface area contributed by atoms with Crippen molar-refractivity contribution in [3.05, 3.63) is 35.6 Å². The zero-order valence-electron chi connectivity index (χ0n) is 16.7. The van der Waals surface area contributed by atoms with Crippen LogP contribution in [0.25, 0.3) is 0 Å². The van der Waals surface area contributed by atoms with Gasteiger partial charge in [0, 0.05) is 18.1 Å². The minimum absolute atomic E-state index is 0.172. The van der Waals surface area contributed by atoms with Crippen LogP contribution in [0.15, 0.2) is 35.6 Å². The monoisotopic (exact) mass is 363 g/mol. The molecule has 1 aliphatic rings. The molecule has 4 unspecified atom stereocenters. The number of allylic oxidation sites excluding steroid dienone is 4. The molecule has 0 bridgehead atoms. The number of methoxy groups -OCH3 is 1. The first-order chi connectivity index (χ1) is 12.2. The first-order valence-corrected chi connectivity index (χ1v) is 9.23. The molecule has 1 heterocycles. The standard InChI is InChI=1S/C21H33NO4/c1-7-19-15(4)9-13(2)8-14(3)10-18(25-6)11-17(12-23)20(22)16(5)21(24)26-19/h9-10,14,16-17,19,22-23H,2,7-8,11-12H2,1,3-6H3/b15-9+,18-10-,22-20?. The topological polar surface area (TPSA) is 79.6 Å². The van der Waals surface area contributed by atoms with Gasteiger partial charge < -0.3 is 20.0 Å². The van der Waals surface area contributed by atoms with Crippen LogP contribution in [0.3, 0.4) is 0 Å². The van der Waals surface area contributed by atoms with Gasteiger partial charge in [-0.25, -0.2) is 0 Å². The van der Waals surface area contributed by atoms with E-state index in [1.807, 2.05) is 26.0 Å². The van der Waals surface area contributed by atoms with E-state index in [-0.39, 0.29) is 24.3 Å². The molecule has 0 fully saturated rings. The molecule has 5 heteroatoms. The molecule has 1 aliphatic heterocycles. The quantitative estimate of drug-likeness (QED) is 0.742. The Morgan fingerprint density at radius 2 is 2.04 bits per heavy atom. The fourth-order valence-corrected chi connectivity index (χ4v) is 3.22. The van der Waals surface area contributed by atoms with Crippen LogP contribution >= 0.6 is 0 Å². The number of cyclic esters (lactones) is 1. The molecular weight excluding hydrogens is 330 g/mol.